The van der Waals surface area contributed by atoms with Gasteiger partial charge in [-0.15, -0.1) is 0 Å². The number of urea groups is 1. The zero-order valence-electron chi connectivity index (χ0n) is 5.85. The molecule has 9 heavy (non-hydrogen) atoms. The molecule has 4 heteroatoms. The van der Waals surface area contributed by atoms with E-state index in [0.717, 1.165) is 5.01 Å². The first-order valence-electron chi connectivity index (χ1n) is 3.02. The predicted octanol–water partition coefficient (Wildman–Crippen LogP) is -0.0885. The van der Waals surface area contributed by atoms with Crippen LogP contribution in [0.4, 0.5) is 4.79 Å². The minimum Gasteiger partial charge on any atom is -0.337 e. The summed E-state index contributed by atoms with van der Waals surface area (Å²) in [7, 11) is 0. The fourth-order valence-electron chi connectivity index (χ4n) is 0.396. The molecule has 0 aliphatic carbocycles. The third kappa shape index (κ3) is 2.92. The molecule has 0 saturated carbocycles. The van der Waals surface area contributed by atoms with Crippen LogP contribution in [0.15, 0.2) is 0 Å². The van der Waals surface area contributed by atoms with Gasteiger partial charge in [0.15, 0.2) is 0 Å². The average molecular weight is 131 g/mol. The lowest BCUT2D eigenvalue weighted by atomic mass is 10.7. The Kier molecular flexibility index (Phi) is 3.79. The highest BCUT2D eigenvalue weighted by molar-refractivity contribution is 5.73. The van der Waals surface area contributed by atoms with Crippen LogP contribution in [-0.4, -0.2) is 24.1 Å². The standard InChI is InChI=1S/C5H13N3O/c1-3-7-5(9)8(6)4-2/h3-4,6H2,1-2H3,(H,7,9). The van der Waals surface area contributed by atoms with E-state index in [-0.39, 0.29) is 6.03 Å². The van der Waals surface area contributed by atoms with Crippen LogP contribution in [0.5, 0.6) is 0 Å². The van der Waals surface area contributed by atoms with Crippen LogP contribution in [0.25, 0.3) is 0 Å². The van der Waals surface area contributed by atoms with Crippen molar-refractivity contribution < 1.29 is 4.79 Å². The molecule has 0 aliphatic heterocycles. The van der Waals surface area contributed by atoms with Crippen LogP contribution >= 0.6 is 0 Å². The Morgan fingerprint density at radius 3 is 2.56 bits per heavy atom. The first kappa shape index (κ1) is 8.23. The van der Waals surface area contributed by atoms with Gasteiger partial charge in [-0.05, 0) is 13.8 Å². The zero-order valence-corrected chi connectivity index (χ0v) is 5.85. The van der Waals surface area contributed by atoms with Crippen molar-refractivity contribution in [1.29, 1.82) is 0 Å². The van der Waals surface area contributed by atoms with Crippen molar-refractivity contribution in [2.24, 2.45) is 5.84 Å². The monoisotopic (exact) mass is 131 g/mol. The summed E-state index contributed by atoms with van der Waals surface area (Å²) in [5.41, 5.74) is 0. The van der Waals surface area contributed by atoms with Crippen LogP contribution in [0.1, 0.15) is 13.8 Å². The van der Waals surface area contributed by atoms with Crippen molar-refractivity contribution >= 4 is 6.03 Å². The summed E-state index contributed by atoms with van der Waals surface area (Å²) >= 11 is 0. The molecule has 0 spiro atoms. The van der Waals surface area contributed by atoms with Gasteiger partial charge in [0.2, 0.25) is 0 Å². The number of nitrogens with two attached hydrogens (primary N) is 1. The van der Waals surface area contributed by atoms with Crippen LogP contribution in [-0.2, 0) is 0 Å². The first-order valence-corrected chi connectivity index (χ1v) is 3.02. The van der Waals surface area contributed by atoms with Crippen LogP contribution in [0, 0.1) is 0 Å². The lowest BCUT2D eigenvalue weighted by molar-refractivity contribution is 0.202. The topological polar surface area (TPSA) is 58.4 Å². The number of nitrogens with zero attached hydrogens (tertiary/aromatic N) is 1. The summed E-state index contributed by atoms with van der Waals surface area (Å²) in [5, 5.41) is 3.69. The molecule has 0 rings (SSSR count). The third-order valence-electron chi connectivity index (χ3n) is 0.930. The molecule has 0 aromatic carbocycles. The lowest BCUT2D eigenvalue weighted by Gasteiger charge is -2.13. The van der Waals surface area contributed by atoms with E-state index in [0.29, 0.717) is 13.1 Å². The Labute approximate surface area is 55.0 Å². The van der Waals surface area contributed by atoms with Gasteiger partial charge < -0.3 is 5.32 Å². The second kappa shape index (κ2) is 4.14. The highest BCUT2D eigenvalue weighted by atomic mass is 16.2. The number of hydrogen-bond donors (Lipinski definition) is 2. The minimum atomic E-state index is -0.222. The number of nitrogens with one attached hydrogen (secondary N) is 1. The molecule has 0 aromatic rings. The van der Waals surface area contributed by atoms with E-state index < -0.39 is 0 Å². The zero-order chi connectivity index (χ0) is 7.28. The summed E-state index contributed by atoms with van der Waals surface area (Å²) in [6.45, 7) is 4.81. The average Bonchev–Trinajstić information content (AvgIpc) is 1.87. The Balaban J connectivity index is 3.46. The van der Waals surface area contributed by atoms with Gasteiger partial charge in [0.05, 0.1) is 0 Å². The van der Waals surface area contributed by atoms with E-state index in [1.165, 1.54) is 0 Å². The molecular formula is C5H13N3O. The molecule has 4 nitrogen and oxygen atoms in total. The number of amides is 2. The van der Waals surface area contributed by atoms with E-state index in [4.69, 9.17) is 5.84 Å². The van der Waals surface area contributed by atoms with E-state index in [1.54, 1.807) is 0 Å². The summed E-state index contributed by atoms with van der Waals surface area (Å²) < 4.78 is 0. The third-order valence-corrected chi connectivity index (χ3v) is 0.930. The number of hydrazine groups is 1. The van der Waals surface area contributed by atoms with Gasteiger partial charge in [-0.3, -0.25) is 5.01 Å². The molecular weight excluding hydrogens is 118 g/mol. The lowest BCUT2D eigenvalue weighted by Crippen LogP contribution is -2.44. The molecule has 0 atom stereocenters. The second-order valence-corrected chi connectivity index (χ2v) is 1.62. The highest BCUT2D eigenvalue weighted by Crippen LogP contribution is 1.75. The molecule has 0 unspecified atom stereocenters. The van der Waals surface area contributed by atoms with Crippen molar-refractivity contribution in [3.8, 4) is 0 Å². The molecule has 2 amide bonds. The van der Waals surface area contributed by atoms with Gasteiger partial charge >= 0.3 is 6.03 Å². The molecule has 0 fully saturated rings. The number of rotatable bonds is 2. The summed E-state index contributed by atoms with van der Waals surface area (Å²) in [4.78, 5) is 10.7. The van der Waals surface area contributed by atoms with Crippen molar-refractivity contribution in [2.75, 3.05) is 13.1 Å². The van der Waals surface area contributed by atoms with Crippen LogP contribution < -0.4 is 11.2 Å². The van der Waals surface area contributed by atoms with Crippen molar-refractivity contribution in [3.63, 3.8) is 0 Å². The van der Waals surface area contributed by atoms with Crippen LogP contribution in [0.3, 0.4) is 0 Å². The maximum Gasteiger partial charge on any atom is 0.331 e. The quantitative estimate of drug-likeness (QED) is 0.312. The number of carbonyl (C=O) groups excluding carboxylic acids is 1. The molecule has 0 radical (unpaired) electrons. The number of carbonyl (C=O) groups is 1. The molecule has 0 saturated heterocycles. The van der Waals surface area contributed by atoms with Gasteiger partial charge in [0.1, 0.15) is 0 Å². The minimum absolute atomic E-state index is 0.222. The molecule has 0 aromatic heterocycles. The van der Waals surface area contributed by atoms with Gasteiger partial charge in [0, 0.05) is 13.1 Å². The fourth-order valence-corrected chi connectivity index (χ4v) is 0.396. The molecule has 0 aliphatic rings. The predicted molar refractivity (Wildman–Crippen MR) is 35.6 cm³/mol. The van der Waals surface area contributed by atoms with Gasteiger partial charge in [-0.25, -0.2) is 10.6 Å². The smallest absolute Gasteiger partial charge is 0.331 e. The molecule has 0 heterocycles. The Hall–Kier alpha value is -0.770. The second-order valence-electron chi connectivity index (χ2n) is 1.62. The van der Waals surface area contributed by atoms with E-state index in [9.17, 15) is 4.79 Å². The summed E-state index contributed by atoms with van der Waals surface area (Å²) in [6.07, 6.45) is 0. The first-order chi connectivity index (χ1) is 4.22. The summed E-state index contributed by atoms with van der Waals surface area (Å²) in [6, 6.07) is -0.222. The van der Waals surface area contributed by atoms with Gasteiger partial charge in [-0.1, -0.05) is 0 Å². The Bertz CT molecular complexity index is 94.2. The van der Waals surface area contributed by atoms with E-state index in [1.807, 2.05) is 13.8 Å². The largest absolute Gasteiger partial charge is 0.337 e. The molecule has 0 bridgehead atoms. The SMILES string of the molecule is CCNC(=O)N(N)CC. The molecule has 54 valence electrons. The normalized spacial score (nSPS) is 8.78. The van der Waals surface area contributed by atoms with Crippen LogP contribution in [0.2, 0.25) is 0 Å². The van der Waals surface area contributed by atoms with E-state index >= 15 is 0 Å². The van der Waals surface area contributed by atoms with Crippen molar-refractivity contribution in [1.82, 2.24) is 10.3 Å². The maximum atomic E-state index is 10.7. The maximum absolute atomic E-state index is 10.7. The summed E-state index contributed by atoms with van der Waals surface area (Å²) in [5.74, 6) is 5.22. The van der Waals surface area contributed by atoms with Crippen molar-refractivity contribution in [3.05, 3.63) is 0 Å². The van der Waals surface area contributed by atoms with Gasteiger partial charge in [-0.2, -0.15) is 0 Å². The Morgan fingerprint density at radius 2 is 2.22 bits per heavy atom. The number of hydrogen-bond acceptors (Lipinski definition) is 2. The fraction of sp³-hybridized carbons (Fsp3) is 0.800. The highest BCUT2D eigenvalue weighted by Gasteiger charge is 2.01. The Morgan fingerprint density at radius 1 is 1.67 bits per heavy atom. The van der Waals surface area contributed by atoms with E-state index in [2.05, 4.69) is 5.32 Å². The molecule has 3 N–H and O–H groups in total. The van der Waals surface area contributed by atoms with Gasteiger partial charge in [0.25, 0.3) is 0 Å². The van der Waals surface area contributed by atoms with Crippen molar-refractivity contribution in [2.45, 2.75) is 13.8 Å².